The summed E-state index contributed by atoms with van der Waals surface area (Å²) in [6.45, 7) is 9.13. The molecule has 0 spiro atoms. The number of nitriles is 1. The first-order chi connectivity index (χ1) is 18.1. The van der Waals surface area contributed by atoms with Gasteiger partial charge in [0.25, 0.3) is 5.91 Å². The molecule has 1 atom stereocenters. The summed E-state index contributed by atoms with van der Waals surface area (Å²) in [4.78, 5) is 25.5. The number of nitrogens with zero attached hydrogens (tertiary/aromatic N) is 1. The maximum atomic E-state index is 12.8. The molecule has 1 heterocycles. The molecule has 1 aliphatic rings. The number of carbonyl (C=O) groups excluding carboxylic acids is 2. The van der Waals surface area contributed by atoms with E-state index in [1.807, 2.05) is 32.9 Å². The molecule has 2 aromatic rings. The van der Waals surface area contributed by atoms with Gasteiger partial charge in [0.05, 0.1) is 24.7 Å². The van der Waals surface area contributed by atoms with E-state index in [4.69, 9.17) is 24.7 Å². The third-order valence-electron chi connectivity index (χ3n) is 5.82. The Bertz CT molecular complexity index is 1340. The van der Waals surface area contributed by atoms with Crippen LogP contribution in [0.4, 0.5) is 5.69 Å². The second kappa shape index (κ2) is 12.5. The lowest BCUT2D eigenvalue weighted by atomic mass is 9.83. The van der Waals surface area contributed by atoms with Gasteiger partial charge in [-0.15, -0.1) is 0 Å². The molecule has 1 aliphatic heterocycles. The molecule has 3 N–H and O–H groups in total. The predicted octanol–water partition coefficient (Wildman–Crippen LogP) is 5.13. The number of allylic oxidation sites excluding steroid dienone is 2. The van der Waals surface area contributed by atoms with Crippen LogP contribution < -0.4 is 20.5 Å². The van der Waals surface area contributed by atoms with E-state index in [9.17, 15) is 14.9 Å². The molecule has 1 amide bonds. The largest absolute Gasteiger partial charge is 0.490 e. The highest BCUT2D eigenvalue weighted by Crippen LogP contribution is 2.42. The molecule has 200 valence electrons. The van der Waals surface area contributed by atoms with Crippen molar-refractivity contribution in [3.63, 3.8) is 0 Å². The Kier molecular flexibility index (Phi) is 9.42. The number of hydrogen-bond donors (Lipinski definition) is 2. The van der Waals surface area contributed by atoms with Crippen molar-refractivity contribution >= 4 is 33.5 Å². The van der Waals surface area contributed by atoms with Crippen LogP contribution in [0.5, 0.6) is 11.5 Å². The monoisotopic (exact) mass is 583 g/mol. The number of carbonyl (C=O) groups is 2. The van der Waals surface area contributed by atoms with Gasteiger partial charge in [-0.2, -0.15) is 5.26 Å². The van der Waals surface area contributed by atoms with Gasteiger partial charge in [-0.1, -0.05) is 22.0 Å². The van der Waals surface area contributed by atoms with Crippen LogP contribution in [0.15, 0.2) is 57.6 Å². The smallest absolute Gasteiger partial charge is 0.338 e. The lowest BCUT2D eigenvalue weighted by Crippen LogP contribution is -2.25. The number of benzene rings is 2. The Balaban J connectivity index is 1.90. The number of nitrogens with two attached hydrogens (primary N) is 1. The minimum Gasteiger partial charge on any atom is -0.490 e. The first-order valence-electron chi connectivity index (χ1n) is 12.0. The number of hydrogen-bond acceptors (Lipinski definition) is 8. The van der Waals surface area contributed by atoms with Gasteiger partial charge < -0.3 is 30.0 Å². The third kappa shape index (κ3) is 6.29. The number of anilines is 1. The van der Waals surface area contributed by atoms with Gasteiger partial charge >= 0.3 is 5.97 Å². The lowest BCUT2D eigenvalue weighted by Gasteiger charge is -2.27. The fourth-order valence-electron chi connectivity index (χ4n) is 4.21. The van der Waals surface area contributed by atoms with Crippen LogP contribution in [-0.4, -0.2) is 31.7 Å². The van der Waals surface area contributed by atoms with E-state index < -0.39 is 11.9 Å². The Morgan fingerprint density at radius 1 is 1.08 bits per heavy atom. The van der Waals surface area contributed by atoms with Gasteiger partial charge in [-0.05, 0) is 75.6 Å². The summed E-state index contributed by atoms with van der Waals surface area (Å²) in [5.41, 5.74) is 9.36. The first kappa shape index (κ1) is 28.6. The van der Waals surface area contributed by atoms with E-state index >= 15 is 0 Å². The van der Waals surface area contributed by atoms with Crippen molar-refractivity contribution in [2.24, 2.45) is 5.73 Å². The van der Waals surface area contributed by atoms with Crippen molar-refractivity contribution in [3.05, 3.63) is 74.3 Å². The molecule has 1 unspecified atom stereocenters. The normalized spacial score (nSPS) is 14.9. The standard InChI is InChI=1S/C28H30BrN3O6/c1-6-35-22-12-18(25-20(13-30)27(31)38-17(5)24(25)28(34)36-7-2)8-9-21(22)37-14-23(33)32-26-15(3)10-19(29)11-16(26)4/h8-12,25H,6-7,14,31H2,1-5H3,(H,32,33). The molecule has 0 aromatic heterocycles. The van der Waals surface area contributed by atoms with Crippen LogP contribution in [0.2, 0.25) is 0 Å². The van der Waals surface area contributed by atoms with Crippen LogP contribution >= 0.6 is 15.9 Å². The molecule has 0 saturated carbocycles. The van der Waals surface area contributed by atoms with E-state index in [0.29, 0.717) is 23.7 Å². The average molecular weight is 584 g/mol. The topological polar surface area (TPSA) is 133 Å². The number of amides is 1. The molecule has 2 aromatic carbocycles. The SMILES string of the molecule is CCOC(=O)C1=C(C)OC(N)=C(C#N)C1c1ccc(OCC(=O)Nc2c(C)cc(Br)cc2C)c(OCC)c1. The highest BCUT2D eigenvalue weighted by atomic mass is 79.9. The van der Waals surface area contributed by atoms with Gasteiger partial charge in [0.2, 0.25) is 5.88 Å². The molecule has 10 heteroatoms. The van der Waals surface area contributed by atoms with Gasteiger partial charge in [0.15, 0.2) is 18.1 Å². The molecule has 0 aliphatic carbocycles. The summed E-state index contributed by atoms with van der Waals surface area (Å²) in [7, 11) is 0. The number of ether oxygens (including phenoxy) is 4. The zero-order chi connectivity index (χ0) is 28.0. The molecule has 0 fully saturated rings. The molecule has 0 bridgehead atoms. The highest BCUT2D eigenvalue weighted by Gasteiger charge is 2.36. The Labute approximate surface area is 230 Å². The van der Waals surface area contributed by atoms with E-state index in [-0.39, 0.29) is 41.9 Å². The Hall–Kier alpha value is -3.97. The lowest BCUT2D eigenvalue weighted by molar-refractivity contribution is -0.139. The molecular formula is C28H30BrN3O6. The second-order valence-corrected chi connectivity index (χ2v) is 9.42. The summed E-state index contributed by atoms with van der Waals surface area (Å²) in [6, 6.07) is 10.9. The van der Waals surface area contributed by atoms with E-state index in [1.165, 1.54) is 0 Å². The van der Waals surface area contributed by atoms with Crippen LogP contribution in [-0.2, 0) is 19.1 Å². The van der Waals surface area contributed by atoms with Crippen LogP contribution in [0.1, 0.15) is 43.4 Å². The number of nitrogens with one attached hydrogen (secondary N) is 1. The first-order valence-corrected chi connectivity index (χ1v) is 12.8. The zero-order valence-electron chi connectivity index (χ0n) is 21.9. The van der Waals surface area contributed by atoms with Crippen molar-refractivity contribution < 1.29 is 28.5 Å². The average Bonchev–Trinajstić information content (AvgIpc) is 2.85. The van der Waals surface area contributed by atoms with Crippen LogP contribution in [0.3, 0.4) is 0 Å². The predicted molar refractivity (Wildman–Crippen MR) is 145 cm³/mol. The maximum absolute atomic E-state index is 12.8. The van der Waals surface area contributed by atoms with Crippen molar-refractivity contribution in [2.75, 3.05) is 25.1 Å². The fourth-order valence-corrected chi connectivity index (χ4v) is 4.89. The molecule has 9 nitrogen and oxygen atoms in total. The third-order valence-corrected chi connectivity index (χ3v) is 6.28. The van der Waals surface area contributed by atoms with Gasteiger partial charge in [-0.3, -0.25) is 4.79 Å². The van der Waals surface area contributed by atoms with Crippen molar-refractivity contribution in [2.45, 2.75) is 40.5 Å². The minimum atomic E-state index is -0.826. The molecule has 3 rings (SSSR count). The van der Waals surface area contributed by atoms with Gasteiger partial charge in [0, 0.05) is 10.2 Å². The van der Waals surface area contributed by atoms with Crippen molar-refractivity contribution in [1.29, 1.82) is 5.26 Å². The molecule has 0 saturated heterocycles. The van der Waals surface area contributed by atoms with Crippen LogP contribution in [0, 0.1) is 25.2 Å². The van der Waals surface area contributed by atoms with E-state index in [2.05, 4.69) is 27.3 Å². The number of aryl methyl sites for hydroxylation is 2. The Morgan fingerprint density at radius 3 is 2.37 bits per heavy atom. The van der Waals surface area contributed by atoms with Crippen LogP contribution in [0.25, 0.3) is 0 Å². The summed E-state index contributed by atoms with van der Waals surface area (Å²) in [5, 5.41) is 12.7. The van der Waals surface area contributed by atoms with Gasteiger partial charge in [-0.25, -0.2) is 4.79 Å². The summed E-state index contributed by atoms with van der Waals surface area (Å²) >= 11 is 3.45. The quantitative estimate of drug-likeness (QED) is 0.388. The fraction of sp³-hybridized carbons (Fsp3) is 0.321. The summed E-state index contributed by atoms with van der Waals surface area (Å²) in [6.07, 6.45) is 0. The highest BCUT2D eigenvalue weighted by molar-refractivity contribution is 9.10. The maximum Gasteiger partial charge on any atom is 0.338 e. The van der Waals surface area contributed by atoms with E-state index in [1.54, 1.807) is 32.0 Å². The molecule has 38 heavy (non-hydrogen) atoms. The Morgan fingerprint density at radius 2 is 1.76 bits per heavy atom. The number of halogens is 1. The zero-order valence-corrected chi connectivity index (χ0v) is 23.5. The van der Waals surface area contributed by atoms with E-state index in [0.717, 1.165) is 21.3 Å². The van der Waals surface area contributed by atoms with Crippen molar-refractivity contribution in [1.82, 2.24) is 0 Å². The second-order valence-electron chi connectivity index (χ2n) is 8.51. The van der Waals surface area contributed by atoms with Gasteiger partial charge in [0.1, 0.15) is 17.4 Å². The molecule has 0 radical (unpaired) electrons. The number of esters is 1. The summed E-state index contributed by atoms with van der Waals surface area (Å²) < 4.78 is 23.2. The van der Waals surface area contributed by atoms with Crippen molar-refractivity contribution in [3.8, 4) is 17.6 Å². The summed E-state index contributed by atoms with van der Waals surface area (Å²) in [5.74, 6) is -0.931. The minimum absolute atomic E-state index is 0.0781. The number of rotatable bonds is 9. The molecular weight excluding hydrogens is 554 g/mol.